The molecular formula is C56H111N2O6P. The number of aliphatic hydroxyl groups excluding tert-OH is 1. The third-order valence-corrected chi connectivity index (χ3v) is 13.9. The molecule has 1 amide bonds. The van der Waals surface area contributed by atoms with Gasteiger partial charge in [0.15, 0.2) is 0 Å². The topological polar surface area (TPSA) is 108 Å². The number of amides is 1. The molecule has 65 heavy (non-hydrogen) atoms. The fraction of sp³-hybridized carbons (Fsp3) is 0.911. The van der Waals surface area contributed by atoms with Gasteiger partial charge < -0.3 is 28.8 Å². The van der Waals surface area contributed by atoms with E-state index in [2.05, 4.69) is 31.3 Å². The van der Waals surface area contributed by atoms with E-state index in [9.17, 15) is 19.4 Å². The van der Waals surface area contributed by atoms with Crippen molar-refractivity contribution in [1.82, 2.24) is 5.32 Å². The van der Waals surface area contributed by atoms with Crippen LogP contribution in [0.5, 0.6) is 0 Å². The molecule has 2 N–H and O–H groups in total. The number of phosphoric ester groups is 1. The number of hydrogen-bond donors (Lipinski definition) is 2. The Bertz CT molecular complexity index is 1110. The third kappa shape index (κ3) is 50.7. The van der Waals surface area contributed by atoms with Crippen LogP contribution in [0.3, 0.4) is 0 Å². The quantitative estimate of drug-likeness (QED) is 0.0272. The van der Waals surface area contributed by atoms with Crippen LogP contribution < -0.4 is 10.2 Å². The summed E-state index contributed by atoms with van der Waals surface area (Å²) >= 11 is 0. The molecule has 0 aliphatic rings. The van der Waals surface area contributed by atoms with Gasteiger partial charge in [-0.2, -0.15) is 0 Å². The van der Waals surface area contributed by atoms with E-state index in [0.717, 1.165) is 38.5 Å². The zero-order valence-corrected chi connectivity index (χ0v) is 44.9. The Hall–Kier alpha value is -1.02. The van der Waals surface area contributed by atoms with Gasteiger partial charge in [-0.05, 0) is 32.1 Å². The number of nitrogens with one attached hydrogen (secondary N) is 1. The standard InChI is InChI=1S/C56H111N2O6P/c1-6-8-10-12-14-16-18-20-22-23-24-25-26-27-28-29-30-31-32-33-34-36-37-39-41-43-45-47-49-55(59)54(53-64-65(61,62)63-52-51-58(3,4)5)57-56(60)50-48-46-44-42-40-38-35-21-19-17-15-13-11-9-7-2/h39,41,47,49,54-55,59H,6-38,40,42-46,48,50-53H2,1-5H3,(H-,57,60,61,62)/b41-39+,49-47+. The van der Waals surface area contributed by atoms with Crippen molar-refractivity contribution < 1.29 is 32.9 Å². The lowest BCUT2D eigenvalue weighted by Crippen LogP contribution is -2.45. The highest BCUT2D eigenvalue weighted by Crippen LogP contribution is 2.38. The summed E-state index contributed by atoms with van der Waals surface area (Å²) in [5.74, 6) is -0.203. The maximum absolute atomic E-state index is 12.9. The molecule has 0 aromatic heterocycles. The Morgan fingerprint density at radius 2 is 0.862 bits per heavy atom. The highest BCUT2D eigenvalue weighted by atomic mass is 31.2. The molecule has 3 unspecified atom stereocenters. The van der Waals surface area contributed by atoms with E-state index in [1.807, 2.05) is 27.2 Å². The van der Waals surface area contributed by atoms with Gasteiger partial charge in [-0.15, -0.1) is 0 Å². The van der Waals surface area contributed by atoms with E-state index >= 15 is 0 Å². The number of unbranched alkanes of at least 4 members (excludes halogenated alkanes) is 37. The molecular weight excluding hydrogens is 828 g/mol. The predicted octanol–water partition coefficient (Wildman–Crippen LogP) is 16.2. The van der Waals surface area contributed by atoms with E-state index in [-0.39, 0.29) is 19.1 Å². The average Bonchev–Trinajstić information content (AvgIpc) is 3.26. The van der Waals surface area contributed by atoms with Gasteiger partial charge in [0.2, 0.25) is 5.91 Å². The number of carbonyl (C=O) groups is 1. The van der Waals surface area contributed by atoms with Crippen LogP contribution in [0.25, 0.3) is 0 Å². The van der Waals surface area contributed by atoms with E-state index in [0.29, 0.717) is 17.4 Å². The summed E-state index contributed by atoms with van der Waals surface area (Å²) in [4.78, 5) is 25.4. The SMILES string of the molecule is CCCCCCCCCCCCCCCCCCCCCCCC/C=C/CC/C=C/C(O)C(COP(=O)([O-])OCC[N+](C)(C)C)NC(=O)CCCCCCCCCCCCCCCCC. The normalized spacial score (nSPS) is 14.1. The maximum Gasteiger partial charge on any atom is 0.268 e. The fourth-order valence-electron chi connectivity index (χ4n) is 8.47. The first-order valence-corrected chi connectivity index (χ1v) is 29.7. The molecule has 0 radical (unpaired) electrons. The zero-order valence-electron chi connectivity index (χ0n) is 44.0. The molecule has 0 aromatic rings. The Labute approximate surface area is 404 Å². The molecule has 386 valence electrons. The zero-order chi connectivity index (χ0) is 47.8. The van der Waals surface area contributed by atoms with Gasteiger partial charge in [0.1, 0.15) is 13.2 Å². The van der Waals surface area contributed by atoms with Crippen molar-refractivity contribution in [3.05, 3.63) is 24.3 Å². The summed E-state index contributed by atoms with van der Waals surface area (Å²) in [6.07, 6.45) is 59.8. The van der Waals surface area contributed by atoms with Crippen LogP contribution in [-0.2, 0) is 18.4 Å². The third-order valence-electron chi connectivity index (χ3n) is 12.9. The van der Waals surface area contributed by atoms with Crippen LogP contribution in [-0.4, -0.2) is 68.5 Å². The first-order chi connectivity index (χ1) is 31.5. The van der Waals surface area contributed by atoms with Crippen LogP contribution in [0.1, 0.15) is 277 Å². The van der Waals surface area contributed by atoms with Gasteiger partial charge in [0.25, 0.3) is 7.82 Å². The van der Waals surface area contributed by atoms with Gasteiger partial charge in [0.05, 0.1) is 39.9 Å². The number of phosphoric acid groups is 1. The van der Waals surface area contributed by atoms with Gasteiger partial charge in [-0.25, -0.2) is 0 Å². The van der Waals surface area contributed by atoms with Crippen molar-refractivity contribution in [2.75, 3.05) is 40.9 Å². The second-order valence-corrected chi connectivity index (χ2v) is 22.1. The number of quaternary nitrogens is 1. The Kier molecular flexibility index (Phi) is 47.3. The van der Waals surface area contributed by atoms with Gasteiger partial charge in [-0.1, -0.05) is 263 Å². The van der Waals surface area contributed by atoms with Crippen LogP contribution >= 0.6 is 7.82 Å². The summed E-state index contributed by atoms with van der Waals surface area (Å²) in [5.41, 5.74) is 0. The second-order valence-electron chi connectivity index (χ2n) is 20.6. The lowest BCUT2D eigenvalue weighted by molar-refractivity contribution is -0.870. The molecule has 0 rings (SSSR count). The van der Waals surface area contributed by atoms with Crippen molar-refractivity contribution in [3.8, 4) is 0 Å². The van der Waals surface area contributed by atoms with Crippen LogP contribution in [0, 0.1) is 0 Å². The van der Waals surface area contributed by atoms with E-state index in [4.69, 9.17) is 9.05 Å². The molecule has 0 aromatic carbocycles. The van der Waals surface area contributed by atoms with Crippen molar-refractivity contribution >= 4 is 13.7 Å². The molecule has 3 atom stereocenters. The highest BCUT2D eigenvalue weighted by Gasteiger charge is 2.23. The van der Waals surface area contributed by atoms with Gasteiger partial charge in [-0.3, -0.25) is 9.36 Å². The monoisotopic (exact) mass is 939 g/mol. The summed E-state index contributed by atoms with van der Waals surface area (Å²) in [6.45, 7) is 4.66. The second kappa shape index (κ2) is 48.0. The molecule has 0 aliphatic heterocycles. The summed E-state index contributed by atoms with van der Waals surface area (Å²) in [6, 6.07) is -0.899. The molecule has 0 fully saturated rings. The average molecular weight is 939 g/mol. The number of rotatable bonds is 52. The van der Waals surface area contributed by atoms with Crippen molar-refractivity contribution in [1.29, 1.82) is 0 Å². The van der Waals surface area contributed by atoms with Gasteiger partial charge in [0, 0.05) is 6.42 Å². The molecule has 0 heterocycles. The Morgan fingerprint density at radius 3 is 1.25 bits per heavy atom. The minimum absolute atomic E-state index is 0.00387. The van der Waals surface area contributed by atoms with Gasteiger partial charge >= 0.3 is 0 Å². The summed E-state index contributed by atoms with van der Waals surface area (Å²) in [5, 5.41) is 13.8. The number of nitrogens with zero attached hydrogens (tertiary/aromatic N) is 1. The van der Waals surface area contributed by atoms with Crippen LogP contribution in [0.15, 0.2) is 24.3 Å². The molecule has 0 aliphatic carbocycles. The Morgan fingerprint density at radius 1 is 0.523 bits per heavy atom. The smallest absolute Gasteiger partial charge is 0.268 e. The lowest BCUT2D eigenvalue weighted by atomic mass is 10.0. The minimum Gasteiger partial charge on any atom is -0.756 e. The number of carbonyl (C=O) groups excluding carboxylic acids is 1. The van der Waals surface area contributed by atoms with Crippen molar-refractivity contribution in [3.63, 3.8) is 0 Å². The summed E-state index contributed by atoms with van der Waals surface area (Å²) < 4.78 is 23.3. The number of likely N-dealkylation sites (N-methyl/N-ethyl adjacent to an activating group) is 1. The first-order valence-electron chi connectivity index (χ1n) is 28.2. The number of hydrogen-bond acceptors (Lipinski definition) is 6. The minimum atomic E-state index is -4.60. The van der Waals surface area contributed by atoms with E-state index < -0.39 is 20.0 Å². The molecule has 8 nitrogen and oxygen atoms in total. The molecule has 0 bridgehead atoms. The first kappa shape index (κ1) is 64.0. The van der Waals surface area contributed by atoms with Crippen molar-refractivity contribution in [2.45, 2.75) is 289 Å². The van der Waals surface area contributed by atoms with Crippen molar-refractivity contribution in [2.24, 2.45) is 0 Å². The fourth-order valence-corrected chi connectivity index (χ4v) is 9.19. The maximum atomic E-state index is 12.9. The lowest BCUT2D eigenvalue weighted by Gasteiger charge is -2.29. The summed E-state index contributed by atoms with van der Waals surface area (Å²) in [7, 11) is 1.26. The molecule has 0 saturated carbocycles. The molecule has 9 heteroatoms. The molecule has 0 spiro atoms. The highest BCUT2D eigenvalue weighted by molar-refractivity contribution is 7.45. The number of allylic oxidation sites excluding steroid dienone is 3. The van der Waals surface area contributed by atoms with Crippen LogP contribution in [0.4, 0.5) is 0 Å². The predicted molar refractivity (Wildman–Crippen MR) is 279 cm³/mol. The van der Waals surface area contributed by atoms with E-state index in [1.165, 1.54) is 218 Å². The van der Waals surface area contributed by atoms with E-state index in [1.54, 1.807) is 6.08 Å². The molecule has 0 saturated heterocycles. The Balaban J connectivity index is 4.19. The number of aliphatic hydroxyl groups is 1. The largest absolute Gasteiger partial charge is 0.756 e. The van der Waals surface area contributed by atoms with Crippen LogP contribution in [0.2, 0.25) is 0 Å².